The lowest BCUT2D eigenvalue weighted by molar-refractivity contribution is -0.384. The van der Waals surface area contributed by atoms with Crippen molar-refractivity contribution in [3.63, 3.8) is 0 Å². The molecule has 3 rings (SSSR count). The molecular weight excluding hydrogens is 430 g/mol. The number of halogens is 2. The number of anilines is 1. The summed E-state index contributed by atoms with van der Waals surface area (Å²) in [6.45, 7) is 4.78. The highest BCUT2D eigenvalue weighted by atomic mass is 79.9. The fourth-order valence-electron chi connectivity index (χ4n) is 2.93. The number of non-ortho nitro benzene ring substituents is 1. The normalized spacial score (nSPS) is 26.0. The molecule has 0 unspecified atom stereocenters. The lowest BCUT2D eigenvalue weighted by atomic mass is 10.1. The van der Waals surface area contributed by atoms with Crippen molar-refractivity contribution in [1.82, 2.24) is 4.90 Å². The van der Waals surface area contributed by atoms with Gasteiger partial charge in [0.25, 0.3) is 5.69 Å². The Hall–Kier alpha value is -1.15. The van der Waals surface area contributed by atoms with Gasteiger partial charge in [-0.1, -0.05) is 31.9 Å². The Balaban J connectivity index is 1.60. The number of piperazine rings is 1. The molecule has 1 aliphatic carbocycles. The molecule has 124 valence electrons. The average Bonchev–Trinajstić information content (AvgIpc) is 3.06. The van der Waals surface area contributed by atoms with E-state index < -0.39 is 4.92 Å². The quantitative estimate of drug-likeness (QED) is 0.406. The minimum atomic E-state index is -0.399. The highest BCUT2D eigenvalue weighted by Crippen LogP contribution is 2.66. The van der Waals surface area contributed by atoms with Gasteiger partial charge < -0.3 is 9.80 Å². The molecule has 6 nitrogen and oxygen atoms in total. The van der Waals surface area contributed by atoms with Gasteiger partial charge in [-0.25, -0.2) is 0 Å². The second-order valence-corrected chi connectivity index (χ2v) is 10.0. The van der Waals surface area contributed by atoms with Gasteiger partial charge in [0, 0.05) is 44.0 Å². The van der Waals surface area contributed by atoms with Gasteiger partial charge >= 0.3 is 0 Å². The number of carbonyl (C=O) groups excluding carboxylic acids is 1. The number of alkyl halides is 2. The number of nitro groups is 1. The summed E-state index contributed by atoms with van der Waals surface area (Å²) in [5.41, 5.74) is 0.675. The molecule has 0 radical (unpaired) electrons. The van der Waals surface area contributed by atoms with Gasteiger partial charge in [0.2, 0.25) is 5.91 Å². The van der Waals surface area contributed by atoms with Crippen LogP contribution in [0.5, 0.6) is 0 Å². The number of hydrogen-bond donors (Lipinski definition) is 0. The largest absolute Gasteiger partial charge is 0.368 e. The zero-order valence-corrected chi connectivity index (χ0v) is 15.8. The van der Waals surface area contributed by atoms with Crippen LogP contribution in [0.1, 0.15) is 13.3 Å². The van der Waals surface area contributed by atoms with E-state index in [1.807, 2.05) is 11.8 Å². The van der Waals surface area contributed by atoms with Crippen LogP contribution in [-0.4, -0.2) is 45.1 Å². The van der Waals surface area contributed by atoms with Gasteiger partial charge in [-0.15, -0.1) is 0 Å². The number of amides is 1. The second-order valence-electron chi connectivity index (χ2n) is 6.27. The molecule has 0 N–H and O–H groups in total. The molecule has 1 atom stereocenters. The maximum absolute atomic E-state index is 12.6. The number of rotatable bonds is 3. The second kappa shape index (κ2) is 5.73. The van der Waals surface area contributed by atoms with E-state index in [-0.39, 0.29) is 20.2 Å². The Morgan fingerprint density at radius 2 is 1.70 bits per heavy atom. The topological polar surface area (TPSA) is 66.7 Å². The van der Waals surface area contributed by atoms with E-state index in [1.165, 1.54) is 12.1 Å². The van der Waals surface area contributed by atoms with Crippen LogP contribution in [0.2, 0.25) is 0 Å². The molecule has 1 amide bonds. The van der Waals surface area contributed by atoms with Gasteiger partial charge in [-0.2, -0.15) is 0 Å². The first kappa shape index (κ1) is 16.7. The van der Waals surface area contributed by atoms with Crippen molar-refractivity contribution < 1.29 is 9.72 Å². The fraction of sp³-hybridized carbons (Fsp3) is 0.533. The molecule has 1 aliphatic heterocycles. The SMILES string of the molecule is C[C@]1(C(=O)N2CCN(c3ccc([N+](=O)[O-])cc3)CC2)CC1(Br)Br. The summed E-state index contributed by atoms with van der Waals surface area (Å²) in [6, 6.07) is 6.56. The average molecular weight is 447 g/mol. The predicted octanol–water partition coefficient (Wildman–Crippen LogP) is 3.14. The van der Waals surface area contributed by atoms with E-state index in [2.05, 4.69) is 36.8 Å². The molecule has 1 heterocycles. The predicted molar refractivity (Wildman–Crippen MR) is 95.2 cm³/mol. The van der Waals surface area contributed by atoms with Crippen molar-refractivity contribution in [3.05, 3.63) is 34.4 Å². The lowest BCUT2D eigenvalue weighted by Gasteiger charge is -2.37. The van der Waals surface area contributed by atoms with E-state index in [9.17, 15) is 14.9 Å². The summed E-state index contributed by atoms with van der Waals surface area (Å²) in [6.07, 6.45) is 0.793. The Morgan fingerprint density at radius 1 is 1.17 bits per heavy atom. The minimum Gasteiger partial charge on any atom is -0.368 e. The Morgan fingerprint density at radius 3 is 2.13 bits per heavy atom. The zero-order chi connectivity index (χ0) is 16.8. The molecule has 1 saturated carbocycles. The lowest BCUT2D eigenvalue weighted by Crippen LogP contribution is -2.51. The molecule has 1 aromatic carbocycles. The Kier molecular flexibility index (Phi) is 4.16. The van der Waals surface area contributed by atoms with Crippen LogP contribution in [0.25, 0.3) is 0 Å². The summed E-state index contributed by atoms with van der Waals surface area (Å²) < 4.78 is -0.264. The van der Waals surface area contributed by atoms with E-state index in [1.54, 1.807) is 12.1 Å². The van der Waals surface area contributed by atoms with E-state index >= 15 is 0 Å². The molecular formula is C15H17Br2N3O3. The van der Waals surface area contributed by atoms with Crippen LogP contribution < -0.4 is 4.90 Å². The molecule has 8 heteroatoms. The van der Waals surface area contributed by atoms with Crippen molar-refractivity contribution in [2.24, 2.45) is 5.41 Å². The maximum atomic E-state index is 12.6. The van der Waals surface area contributed by atoms with Crippen molar-refractivity contribution in [2.75, 3.05) is 31.1 Å². The fourth-order valence-corrected chi connectivity index (χ4v) is 4.39. The standard InChI is InChI=1S/C15H17Br2N3O3/c1-14(10-15(14,16)17)13(21)19-8-6-18(7-9-19)11-2-4-12(5-3-11)20(22)23/h2-5H,6-10H2,1H3/t14-/m1/s1. The smallest absolute Gasteiger partial charge is 0.269 e. The number of benzene rings is 1. The van der Waals surface area contributed by atoms with Crippen LogP contribution >= 0.6 is 31.9 Å². The third-order valence-corrected chi connectivity index (χ3v) is 7.03. The summed E-state index contributed by atoms with van der Waals surface area (Å²) in [7, 11) is 0. The molecule has 2 fully saturated rings. The first-order chi connectivity index (χ1) is 10.7. The number of nitrogens with zero attached hydrogens (tertiary/aromatic N) is 3. The van der Waals surface area contributed by atoms with Gasteiger partial charge in [0.05, 0.1) is 13.6 Å². The summed E-state index contributed by atoms with van der Waals surface area (Å²) >= 11 is 7.09. The monoisotopic (exact) mass is 445 g/mol. The molecule has 23 heavy (non-hydrogen) atoms. The Bertz CT molecular complexity index is 642. The summed E-state index contributed by atoms with van der Waals surface area (Å²) in [5, 5.41) is 10.7. The number of nitro benzene ring substituents is 1. The highest BCUT2D eigenvalue weighted by molar-refractivity contribution is 9.25. The summed E-state index contributed by atoms with van der Waals surface area (Å²) in [4.78, 5) is 27.0. The van der Waals surface area contributed by atoms with Crippen LogP contribution in [0.15, 0.2) is 24.3 Å². The van der Waals surface area contributed by atoms with Gasteiger partial charge in [0.1, 0.15) is 0 Å². The highest BCUT2D eigenvalue weighted by Gasteiger charge is 2.67. The number of carbonyl (C=O) groups is 1. The zero-order valence-electron chi connectivity index (χ0n) is 12.7. The van der Waals surface area contributed by atoms with Gasteiger partial charge in [0.15, 0.2) is 0 Å². The summed E-state index contributed by atoms with van der Waals surface area (Å²) in [5.74, 6) is 0.176. The maximum Gasteiger partial charge on any atom is 0.269 e. The molecule has 1 saturated heterocycles. The van der Waals surface area contributed by atoms with Gasteiger partial charge in [-0.05, 0) is 25.5 Å². The number of hydrogen-bond acceptors (Lipinski definition) is 4. The van der Waals surface area contributed by atoms with Crippen LogP contribution in [0.3, 0.4) is 0 Å². The Labute approximate surface area is 151 Å². The molecule has 0 bridgehead atoms. The first-order valence-corrected chi connectivity index (χ1v) is 9.00. The van der Waals surface area contributed by atoms with Crippen molar-refractivity contribution in [1.29, 1.82) is 0 Å². The van der Waals surface area contributed by atoms with Crippen molar-refractivity contribution in [2.45, 2.75) is 16.6 Å². The van der Waals surface area contributed by atoms with Crippen LogP contribution in [0, 0.1) is 15.5 Å². The van der Waals surface area contributed by atoms with E-state index in [0.717, 1.165) is 25.2 Å². The van der Waals surface area contributed by atoms with Crippen LogP contribution in [0.4, 0.5) is 11.4 Å². The first-order valence-electron chi connectivity index (χ1n) is 7.41. The van der Waals surface area contributed by atoms with Crippen molar-refractivity contribution in [3.8, 4) is 0 Å². The van der Waals surface area contributed by atoms with Crippen LogP contribution in [-0.2, 0) is 4.79 Å². The minimum absolute atomic E-state index is 0.0928. The molecule has 1 aromatic rings. The van der Waals surface area contributed by atoms with E-state index in [4.69, 9.17) is 0 Å². The van der Waals surface area contributed by atoms with Crippen molar-refractivity contribution >= 4 is 49.1 Å². The molecule has 0 aromatic heterocycles. The van der Waals surface area contributed by atoms with Gasteiger partial charge in [-0.3, -0.25) is 14.9 Å². The third-order valence-electron chi connectivity index (χ3n) is 4.72. The third kappa shape index (κ3) is 2.98. The molecule has 2 aliphatic rings. The van der Waals surface area contributed by atoms with E-state index in [0.29, 0.717) is 13.1 Å². The molecule has 0 spiro atoms.